The van der Waals surface area contributed by atoms with E-state index in [1.807, 2.05) is 0 Å². The molecule has 0 bridgehead atoms. The molecule has 1 heterocycles. The number of amides is 3. The van der Waals surface area contributed by atoms with Crippen LogP contribution in [0.15, 0.2) is 11.9 Å². The number of terminal acetylenes is 1. The Morgan fingerprint density at radius 3 is 2.63 bits per heavy atom. The maximum absolute atomic E-state index is 13.8. The van der Waals surface area contributed by atoms with E-state index in [0.717, 1.165) is 15.9 Å². The lowest BCUT2D eigenvalue weighted by molar-refractivity contribution is -0.151. The van der Waals surface area contributed by atoms with Gasteiger partial charge in [0.15, 0.2) is 6.73 Å². The number of rotatable bonds is 7. The largest absolute Gasteiger partial charge is 0.461 e. The molecule has 0 spiro atoms. The minimum absolute atomic E-state index is 0.0231. The summed E-state index contributed by atoms with van der Waals surface area (Å²) in [7, 11) is 0. The zero-order chi connectivity index (χ0) is 20.4. The average molecular weight is 380 g/mol. The van der Waals surface area contributed by atoms with Gasteiger partial charge in [-0.3, -0.25) is 9.59 Å². The fourth-order valence-corrected chi connectivity index (χ4v) is 3.04. The highest BCUT2D eigenvalue weighted by molar-refractivity contribution is 6.02. The molecule has 9 heteroatoms. The van der Waals surface area contributed by atoms with E-state index in [2.05, 4.69) is 10.7 Å². The number of nitrogens with zero attached hydrogens (tertiary/aromatic N) is 2. The Labute approximate surface area is 156 Å². The van der Waals surface area contributed by atoms with Gasteiger partial charge in [0.1, 0.15) is 6.54 Å². The number of imide groups is 1. The van der Waals surface area contributed by atoms with Gasteiger partial charge in [-0.1, -0.05) is 19.8 Å². The monoisotopic (exact) mass is 380 g/mol. The number of halogens is 1. The Balaban J connectivity index is 1.96. The summed E-state index contributed by atoms with van der Waals surface area (Å²) < 4.78 is 23.5. The summed E-state index contributed by atoms with van der Waals surface area (Å²) in [4.78, 5) is 49.5. The molecule has 0 aromatic carbocycles. The zero-order valence-corrected chi connectivity index (χ0v) is 15.4. The summed E-state index contributed by atoms with van der Waals surface area (Å²) in [6.45, 7) is 4.29. The van der Waals surface area contributed by atoms with Crippen LogP contribution in [0.2, 0.25) is 0 Å². The Morgan fingerprint density at radius 2 is 2.04 bits per heavy atom. The van der Waals surface area contributed by atoms with E-state index in [1.165, 1.54) is 0 Å². The van der Waals surface area contributed by atoms with Crippen molar-refractivity contribution >= 4 is 23.9 Å². The molecule has 1 aliphatic carbocycles. The molecule has 0 radical (unpaired) electrons. The molecule has 2 fully saturated rings. The van der Waals surface area contributed by atoms with Gasteiger partial charge in [0.25, 0.3) is 5.91 Å². The van der Waals surface area contributed by atoms with Gasteiger partial charge in [0, 0.05) is 0 Å². The molecule has 1 saturated carbocycles. The van der Waals surface area contributed by atoms with Crippen LogP contribution in [0.4, 0.5) is 9.18 Å². The molecule has 1 aliphatic heterocycles. The van der Waals surface area contributed by atoms with E-state index >= 15 is 0 Å². The molecule has 8 nitrogen and oxygen atoms in total. The second kappa shape index (κ2) is 7.78. The molecule has 0 N–H and O–H groups in total. The lowest BCUT2D eigenvalue weighted by Crippen LogP contribution is -2.36. The van der Waals surface area contributed by atoms with E-state index in [1.54, 1.807) is 20.8 Å². The van der Waals surface area contributed by atoms with Gasteiger partial charge >= 0.3 is 18.0 Å². The predicted molar refractivity (Wildman–Crippen MR) is 90.2 cm³/mol. The van der Waals surface area contributed by atoms with E-state index in [4.69, 9.17) is 11.2 Å². The number of esters is 2. The first-order valence-corrected chi connectivity index (χ1v) is 8.38. The van der Waals surface area contributed by atoms with E-state index in [-0.39, 0.29) is 19.7 Å². The summed E-state index contributed by atoms with van der Waals surface area (Å²) >= 11 is 0. The van der Waals surface area contributed by atoms with Gasteiger partial charge in [0.2, 0.25) is 5.83 Å². The highest BCUT2D eigenvalue weighted by atomic mass is 19.1. The van der Waals surface area contributed by atoms with E-state index in [0.29, 0.717) is 0 Å². The molecule has 2 atom stereocenters. The SMILES string of the molecule is C#CCN1CC(=O)N(COC(=O)[C@@H]2[C@H](/C=C(/F)C(=O)OCC)C2(C)C)C1=O. The van der Waals surface area contributed by atoms with Crippen molar-refractivity contribution < 1.29 is 33.0 Å². The molecule has 0 unspecified atom stereocenters. The average Bonchev–Trinajstić information content (AvgIpc) is 3.02. The number of allylic oxidation sites excluding steroid dienone is 1. The van der Waals surface area contributed by atoms with Gasteiger partial charge < -0.3 is 14.4 Å². The van der Waals surface area contributed by atoms with Crippen molar-refractivity contribution in [2.24, 2.45) is 17.3 Å². The summed E-state index contributed by atoms with van der Waals surface area (Å²) in [6.07, 6.45) is 6.17. The van der Waals surface area contributed by atoms with Crippen LogP contribution in [0.5, 0.6) is 0 Å². The first kappa shape index (κ1) is 20.4. The topological polar surface area (TPSA) is 93.2 Å². The van der Waals surface area contributed by atoms with Crippen LogP contribution in [0.25, 0.3) is 0 Å². The number of ether oxygens (including phenoxy) is 2. The molecule has 2 rings (SSSR count). The highest BCUT2D eigenvalue weighted by Gasteiger charge is 2.62. The third kappa shape index (κ3) is 4.10. The molecule has 1 saturated heterocycles. The van der Waals surface area contributed by atoms with Crippen molar-refractivity contribution in [1.82, 2.24) is 9.80 Å². The Hall–Kier alpha value is -2.89. The lowest BCUT2D eigenvalue weighted by atomic mass is 10.1. The second-order valence-corrected chi connectivity index (χ2v) is 6.82. The zero-order valence-electron chi connectivity index (χ0n) is 15.4. The third-order valence-corrected chi connectivity index (χ3v) is 4.71. The first-order valence-electron chi connectivity index (χ1n) is 8.38. The van der Waals surface area contributed by atoms with Crippen molar-refractivity contribution in [3.8, 4) is 12.3 Å². The van der Waals surface area contributed by atoms with Crippen LogP contribution >= 0.6 is 0 Å². The summed E-state index contributed by atoms with van der Waals surface area (Å²) in [5.41, 5.74) is -0.630. The van der Waals surface area contributed by atoms with E-state index < -0.39 is 53.7 Å². The normalized spacial score (nSPS) is 23.9. The number of hydrogen-bond acceptors (Lipinski definition) is 6. The third-order valence-electron chi connectivity index (χ3n) is 4.71. The molecule has 146 valence electrons. The molecule has 0 aromatic rings. The first-order chi connectivity index (χ1) is 12.6. The van der Waals surface area contributed by atoms with Crippen molar-refractivity contribution in [2.75, 3.05) is 26.4 Å². The number of carbonyl (C=O) groups excluding carboxylic acids is 4. The van der Waals surface area contributed by atoms with Crippen molar-refractivity contribution in [1.29, 1.82) is 0 Å². The van der Waals surface area contributed by atoms with Crippen LogP contribution in [0, 0.1) is 29.6 Å². The van der Waals surface area contributed by atoms with Crippen molar-refractivity contribution in [2.45, 2.75) is 20.8 Å². The van der Waals surface area contributed by atoms with Gasteiger partial charge in [0.05, 0.1) is 19.1 Å². The molecular weight excluding hydrogens is 359 g/mol. The minimum atomic E-state index is -1.09. The number of urea groups is 1. The van der Waals surface area contributed by atoms with Crippen LogP contribution in [0.3, 0.4) is 0 Å². The molecule has 2 aliphatic rings. The van der Waals surface area contributed by atoms with Gasteiger partial charge in [-0.15, -0.1) is 6.42 Å². The fraction of sp³-hybridized carbons (Fsp3) is 0.556. The molecule has 0 aromatic heterocycles. The Bertz CT molecular complexity index is 739. The number of carbonyl (C=O) groups is 4. The fourth-order valence-electron chi connectivity index (χ4n) is 3.04. The molecular formula is C18H21FN2O6. The quantitative estimate of drug-likeness (QED) is 0.284. The van der Waals surface area contributed by atoms with Crippen molar-refractivity contribution in [3.63, 3.8) is 0 Å². The minimum Gasteiger partial charge on any atom is -0.461 e. The van der Waals surface area contributed by atoms with Crippen molar-refractivity contribution in [3.05, 3.63) is 11.9 Å². The maximum atomic E-state index is 13.8. The highest BCUT2D eigenvalue weighted by Crippen LogP contribution is 2.59. The van der Waals surface area contributed by atoms with E-state index in [9.17, 15) is 23.6 Å². The number of hydrogen-bond donors (Lipinski definition) is 0. The van der Waals surface area contributed by atoms with Crippen LogP contribution in [-0.2, 0) is 23.9 Å². The molecule has 27 heavy (non-hydrogen) atoms. The Morgan fingerprint density at radius 1 is 1.37 bits per heavy atom. The summed E-state index contributed by atoms with van der Waals surface area (Å²) in [6, 6.07) is -0.634. The smallest absolute Gasteiger partial charge is 0.366 e. The van der Waals surface area contributed by atoms with Gasteiger partial charge in [-0.2, -0.15) is 4.39 Å². The standard InChI is InChI=1S/C18H21FN2O6/c1-5-7-20-9-13(22)21(17(20)25)10-27-16(24)14-11(18(14,3)4)8-12(19)15(23)26-6-2/h1,8,11,14H,6-7,9-10H2,2-4H3/b12-8+/t11-,14-/m0/s1. The van der Waals surface area contributed by atoms with Gasteiger partial charge in [-0.25, -0.2) is 14.5 Å². The maximum Gasteiger partial charge on any atom is 0.366 e. The predicted octanol–water partition coefficient (Wildman–Crippen LogP) is 1.07. The van der Waals surface area contributed by atoms with Crippen LogP contribution in [0.1, 0.15) is 20.8 Å². The molecule has 3 amide bonds. The Kier molecular flexibility index (Phi) is 5.88. The van der Waals surface area contributed by atoms with Crippen LogP contribution in [-0.4, -0.2) is 60.1 Å². The van der Waals surface area contributed by atoms with Gasteiger partial charge in [-0.05, 0) is 24.3 Å². The second-order valence-electron chi connectivity index (χ2n) is 6.82. The van der Waals surface area contributed by atoms with Crippen LogP contribution < -0.4 is 0 Å². The lowest BCUT2D eigenvalue weighted by Gasteiger charge is -2.15. The summed E-state index contributed by atoms with van der Waals surface area (Å²) in [5.74, 6) is -2.36. The summed E-state index contributed by atoms with van der Waals surface area (Å²) in [5, 5.41) is 0.